The second-order valence-corrected chi connectivity index (χ2v) is 5.11. The molecule has 0 N–H and O–H groups in total. The molecular weight excluding hydrogens is 150 g/mol. The third kappa shape index (κ3) is 2.27. The molecule has 0 aromatic carbocycles. The van der Waals surface area contributed by atoms with Gasteiger partial charge in [-0.3, -0.25) is 0 Å². The van der Waals surface area contributed by atoms with E-state index in [0.717, 1.165) is 13.0 Å². The summed E-state index contributed by atoms with van der Waals surface area (Å²) in [6.45, 7) is 1.61. The Morgan fingerprint density at radius 2 is 1.90 bits per heavy atom. The highest BCUT2D eigenvalue weighted by Crippen LogP contribution is 2.01. The monoisotopic (exact) mass is 163 g/mol. The van der Waals surface area contributed by atoms with Gasteiger partial charge in [-0.05, 0) is 20.0 Å². The molecule has 0 aliphatic carbocycles. The summed E-state index contributed by atoms with van der Waals surface area (Å²) in [5.41, 5.74) is 0. The quantitative estimate of drug-likeness (QED) is 0.493. The maximum atomic E-state index is 11.0. The molecule has 1 saturated heterocycles. The molecule has 0 aromatic rings. The maximum Gasteiger partial charge on any atom is 0.151 e. The zero-order valence-corrected chi connectivity index (χ0v) is 7.02. The van der Waals surface area contributed by atoms with Crippen LogP contribution in [-0.2, 0) is 9.84 Å². The van der Waals surface area contributed by atoms with Crippen molar-refractivity contribution < 1.29 is 8.42 Å². The fourth-order valence-corrected chi connectivity index (χ4v) is 2.43. The minimum Gasteiger partial charge on any atom is -0.305 e. The number of nitrogens with zero attached hydrogens (tertiary/aromatic N) is 1. The summed E-state index contributed by atoms with van der Waals surface area (Å²) < 4.78 is 22.0. The molecule has 1 fully saturated rings. The molecule has 0 unspecified atom stereocenters. The van der Waals surface area contributed by atoms with Crippen molar-refractivity contribution in [3.8, 4) is 0 Å². The minimum atomic E-state index is -2.69. The Kier molecular flexibility index (Phi) is 2.31. The molecule has 0 atom stereocenters. The molecule has 1 rings (SSSR count). The minimum absolute atomic E-state index is 0.337. The molecule has 0 saturated carbocycles. The van der Waals surface area contributed by atoms with Gasteiger partial charge in [0.1, 0.15) is 0 Å². The molecule has 4 heteroatoms. The van der Waals surface area contributed by atoms with Gasteiger partial charge in [-0.2, -0.15) is 0 Å². The van der Waals surface area contributed by atoms with Gasteiger partial charge in [0, 0.05) is 6.54 Å². The first kappa shape index (κ1) is 8.01. The van der Waals surface area contributed by atoms with E-state index in [2.05, 4.69) is 4.90 Å². The van der Waals surface area contributed by atoms with E-state index in [1.807, 2.05) is 7.05 Å². The molecular formula is C6H13NO2S. The highest BCUT2D eigenvalue weighted by molar-refractivity contribution is 7.91. The number of rotatable bonds is 0. The predicted molar refractivity (Wildman–Crippen MR) is 40.8 cm³/mol. The first-order valence-corrected chi connectivity index (χ1v) is 5.31. The van der Waals surface area contributed by atoms with Gasteiger partial charge in [0.15, 0.2) is 9.84 Å². The second-order valence-electron chi connectivity index (χ2n) is 2.81. The van der Waals surface area contributed by atoms with Gasteiger partial charge in [-0.25, -0.2) is 8.42 Å². The van der Waals surface area contributed by atoms with E-state index in [0.29, 0.717) is 18.1 Å². The van der Waals surface area contributed by atoms with E-state index in [-0.39, 0.29) is 0 Å². The van der Waals surface area contributed by atoms with Crippen molar-refractivity contribution in [1.82, 2.24) is 4.90 Å². The van der Waals surface area contributed by atoms with E-state index >= 15 is 0 Å². The Morgan fingerprint density at radius 3 is 2.60 bits per heavy atom. The van der Waals surface area contributed by atoms with Gasteiger partial charge in [0.25, 0.3) is 0 Å². The lowest BCUT2D eigenvalue weighted by atomic mass is 10.4. The Labute approximate surface area is 61.9 Å². The largest absolute Gasteiger partial charge is 0.305 e. The van der Waals surface area contributed by atoms with Crippen molar-refractivity contribution in [1.29, 1.82) is 0 Å². The van der Waals surface area contributed by atoms with Crippen LogP contribution in [0.25, 0.3) is 0 Å². The van der Waals surface area contributed by atoms with Gasteiger partial charge in [-0.1, -0.05) is 0 Å². The van der Waals surface area contributed by atoms with Crippen molar-refractivity contribution in [2.75, 3.05) is 31.6 Å². The molecule has 0 spiro atoms. The highest BCUT2D eigenvalue weighted by atomic mass is 32.2. The summed E-state index contributed by atoms with van der Waals surface area (Å²) in [6.07, 6.45) is 0.791. The van der Waals surface area contributed by atoms with E-state index in [1.54, 1.807) is 0 Å². The number of sulfone groups is 1. The first-order valence-electron chi connectivity index (χ1n) is 3.49. The van der Waals surface area contributed by atoms with Crippen molar-refractivity contribution in [2.45, 2.75) is 6.42 Å². The summed E-state index contributed by atoms with van der Waals surface area (Å²) in [7, 11) is -0.735. The third-order valence-electron chi connectivity index (χ3n) is 1.78. The van der Waals surface area contributed by atoms with Crippen molar-refractivity contribution in [2.24, 2.45) is 0 Å². The smallest absolute Gasteiger partial charge is 0.151 e. The number of hydrogen-bond acceptors (Lipinski definition) is 3. The lowest BCUT2D eigenvalue weighted by Gasteiger charge is -2.09. The lowest BCUT2D eigenvalue weighted by molar-refractivity contribution is 0.362. The SMILES string of the molecule is CN1CCCS(=O)(=O)CC1. The fraction of sp³-hybridized carbons (Fsp3) is 1.00. The average molecular weight is 163 g/mol. The van der Waals surface area contributed by atoms with Crippen LogP contribution >= 0.6 is 0 Å². The summed E-state index contributed by atoms with van der Waals surface area (Å²) >= 11 is 0. The van der Waals surface area contributed by atoms with Crippen LogP contribution in [0.2, 0.25) is 0 Å². The summed E-state index contributed by atoms with van der Waals surface area (Å²) in [5, 5.41) is 0. The summed E-state index contributed by atoms with van der Waals surface area (Å²) in [6, 6.07) is 0. The van der Waals surface area contributed by atoms with E-state index < -0.39 is 9.84 Å². The van der Waals surface area contributed by atoms with Gasteiger partial charge in [0.05, 0.1) is 11.5 Å². The van der Waals surface area contributed by atoms with Crippen LogP contribution in [0, 0.1) is 0 Å². The fourth-order valence-electron chi connectivity index (χ4n) is 1.06. The lowest BCUT2D eigenvalue weighted by Crippen LogP contribution is -2.21. The topological polar surface area (TPSA) is 37.4 Å². The first-order chi connectivity index (χ1) is 4.60. The standard InChI is InChI=1S/C6H13NO2S/c1-7-3-2-5-10(8,9)6-4-7/h2-6H2,1H3. The second kappa shape index (κ2) is 2.88. The van der Waals surface area contributed by atoms with Crippen LogP contribution in [0.3, 0.4) is 0 Å². The van der Waals surface area contributed by atoms with Crippen LogP contribution in [0.5, 0.6) is 0 Å². The molecule has 10 heavy (non-hydrogen) atoms. The van der Waals surface area contributed by atoms with Crippen LogP contribution in [-0.4, -0.2) is 45.0 Å². The third-order valence-corrected chi connectivity index (χ3v) is 3.49. The van der Waals surface area contributed by atoms with Gasteiger partial charge in [-0.15, -0.1) is 0 Å². The van der Waals surface area contributed by atoms with Crippen LogP contribution in [0.15, 0.2) is 0 Å². The zero-order chi connectivity index (χ0) is 7.61. The maximum absolute atomic E-state index is 11.0. The molecule has 0 bridgehead atoms. The summed E-state index contributed by atoms with van der Waals surface area (Å²) in [4.78, 5) is 2.06. The van der Waals surface area contributed by atoms with Gasteiger partial charge < -0.3 is 4.90 Å². The zero-order valence-electron chi connectivity index (χ0n) is 6.21. The normalized spacial score (nSPS) is 27.7. The van der Waals surface area contributed by atoms with E-state index in [9.17, 15) is 8.42 Å². The van der Waals surface area contributed by atoms with Gasteiger partial charge >= 0.3 is 0 Å². The van der Waals surface area contributed by atoms with Crippen LogP contribution in [0.4, 0.5) is 0 Å². The Hall–Kier alpha value is -0.0900. The Bertz CT molecular complexity index is 198. The Balaban J connectivity index is 2.58. The van der Waals surface area contributed by atoms with Crippen molar-refractivity contribution in [3.05, 3.63) is 0 Å². The Morgan fingerprint density at radius 1 is 1.20 bits per heavy atom. The average Bonchev–Trinajstić information content (AvgIpc) is 1.94. The summed E-state index contributed by atoms with van der Waals surface area (Å²) in [5.74, 6) is 0.709. The van der Waals surface area contributed by atoms with E-state index in [1.165, 1.54) is 0 Å². The highest BCUT2D eigenvalue weighted by Gasteiger charge is 2.15. The molecule has 1 aliphatic rings. The molecule has 0 amide bonds. The molecule has 1 heterocycles. The molecule has 0 radical (unpaired) electrons. The van der Waals surface area contributed by atoms with Crippen LogP contribution in [0.1, 0.15) is 6.42 Å². The predicted octanol–water partition coefficient (Wildman–Crippen LogP) is -0.263. The van der Waals surface area contributed by atoms with Crippen molar-refractivity contribution in [3.63, 3.8) is 0 Å². The van der Waals surface area contributed by atoms with Crippen molar-refractivity contribution >= 4 is 9.84 Å². The molecule has 3 nitrogen and oxygen atoms in total. The molecule has 1 aliphatic heterocycles. The van der Waals surface area contributed by atoms with Gasteiger partial charge in [0.2, 0.25) is 0 Å². The van der Waals surface area contributed by atoms with E-state index in [4.69, 9.17) is 0 Å². The number of hydrogen-bond donors (Lipinski definition) is 0. The molecule has 0 aromatic heterocycles. The van der Waals surface area contributed by atoms with Crippen LogP contribution < -0.4 is 0 Å². The molecule has 60 valence electrons.